The summed E-state index contributed by atoms with van der Waals surface area (Å²) >= 11 is 4.90. The summed E-state index contributed by atoms with van der Waals surface area (Å²) in [5.41, 5.74) is 0.821. The highest BCUT2D eigenvalue weighted by Crippen LogP contribution is 2.32. The van der Waals surface area contributed by atoms with Gasteiger partial charge in [0.2, 0.25) is 11.8 Å². The van der Waals surface area contributed by atoms with E-state index in [4.69, 9.17) is 0 Å². The number of anilines is 1. The number of hydrogen-bond acceptors (Lipinski definition) is 6. The minimum absolute atomic E-state index is 0.227. The van der Waals surface area contributed by atoms with Crippen molar-refractivity contribution in [2.75, 3.05) is 5.32 Å². The molecular weight excluding hydrogens is 332 g/mol. The van der Waals surface area contributed by atoms with Gasteiger partial charge >= 0.3 is 0 Å². The number of carbonyl (C=O) groups excluding carboxylic acids is 2. The van der Waals surface area contributed by atoms with Gasteiger partial charge in [-0.1, -0.05) is 0 Å². The van der Waals surface area contributed by atoms with E-state index in [0.717, 1.165) is 14.0 Å². The molecule has 0 aromatic carbocycles. The van der Waals surface area contributed by atoms with Crippen molar-refractivity contribution < 1.29 is 9.59 Å². The molecule has 98 valence electrons. The Bertz CT molecular complexity index is 672. The number of thiophene rings is 1. The van der Waals surface area contributed by atoms with E-state index < -0.39 is 6.04 Å². The maximum atomic E-state index is 11.7. The zero-order valence-corrected chi connectivity index (χ0v) is 12.0. The number of rotatable bonds is 2. The first kappa shape index (κ1) is 12.5. The first-order valence-corrected chi connectivity index (χ1v) is 7.25. The first-order chi connectivity index (χ1) is 9.13. The predicted octanol–water partition coefficient (Wildman–Crippen LogP) is 1.67. The summed E-state index contributed by atoms with van der Waals surface area (Å²) < 4.78 is 1.84. The van der Waals surface area contributed by atoms with Gasteiger partial charge in [-0.15, -0.1) is 11.3 Å². The van der Waals surface area contributed by atoms with E-state index in [1.54, 1.807) is 0 Å². The molecule has 0 bridgehead atoms. The van der Waals surface area contributed by atoms with Crippen molar-refractivity contribution in [3.05, 3.63) is 16.2 Å². The second-order valence-electron chi connectivity index (χ2n) is 4.14. The molecule has 1 saturated heterocycles. The quantitative estimate of drug-likeness (QED) is 0.812. The smallest absolute Gasteiger partial charge is 0.249 e. The van der Waals surface area contributed by atoms with Crippen molar-refractivity contribution in [3.63, 3.8) is 0 Å². The molecule has 3 heterocycles. The standard InChI is InChI=1S/C11H9BrN4O2S/c12-7-3-6-9(19-7)10(14-4-13-6)15-5-1-2-8(17)16-11(5)18/h3-5H,1-2H2,(H,13,14,15)(H,16,17,18). The topological polar surface area (TPSA) is 84.0 Å². The summed E-state index contributed by atoms with van der Waals surface area (Å²) in [6.45, 7) is 0. The van der Waals surface area contributed by atoms with Crippen LogP contribution in [0.2, 0.25) is 0 Å². The average Bonchev–Trinajstić information content (AvgIpc) is 2.74. The Morgan fingerprint density at radius 1 is 1.42 bits per heavy atom. The number of nitrogens with one attached hydrogen (secondary N) is 2. The van der Waals surface area contributed by atoms with Crippen molar-refractivity contribution in [1.29, 1.82) is 0 Å². The molecule has 2 aromatic heterocycles. The van der Waals surface area contributed by atoms with Crippen LogP contribution in [0.4, 0.5) is 5.82 Å². The number of hydrogen-bond donors (Lipinski definition) is 2. The van der Waals surface area contributed by atoms with Crippen molar-refractivity contribution in [1.82, 2.24) is 15.3 Å². The van der Waals surface area contributed by atoms with Crippen molar-refractivity contribution >= 4 is 55.1 Å². The molecule has 2 amide bonds. The second-order valence-corrected chi connectivity index (χ2v) is 6.57. The van der Waals surface area contributed by atoms with E-state index >= 15 is 0 Å². The Morgan fingerprint density at radius 3 is 3.05 bits per heavy atom. The molecule has 8 heteroatoms. The number of amides is 2. The second kappa shape index (κ2) is 4.86. The number of nitrogens with zero attached hydrogens (tertiary/aromatic N) is 2. The zero-order chi connectivity index (χ0) is 13.4. The van der Waals surface area contributed by atoms with Crippen molar-refractivity contribution in [2.45, 2.75) is 18.9 Å². The monoisotopic (exact) mass is 340 g/mol. The van der Waals surface area contributed by atoms with E-state index in [1.165, 1.54) is 17.7 Å². The lowest BCUT2D eigenvalue weighted by Crippen LogP contribution is -2.47. The van der Waals surface area contributed by atoms with Crippen LogP contribution in [-0.2, 0) is 9.59 Å². The molecule has 2 N–H and O–H groups in total. The number of imide groups is 1. The van der Waals surface area contributed by atoms with Gasteiger partial charge < -0.3 is 5.32 Å². The highest BCUT2D eigenvalue weighted by molar-refractivity contribution is 9.11. The Kier molecular flexibility index (Phi) is 3.19. The van der Waals surface area contributed by atoms with E-state index in [1.807, 2.05) is 6.07 Å². The van der Waals surface area contributed by atoms with E-state index in [0.29, 0.717) is 18.7 Å². The molecule has 0 aliphatic carbocycles. The Hall–Kier alpha value is -1.54. The maximum absolute atomic E-state index is 11.7. The van der Waals surface area contributed by atoms with Gasteiger partial charge in [0.1, 0.15) is 18.2 Å². The number of aromatic nitrogens is 2. The Labute approximate surface area is 120 Å². The minimum atomic E-state index is -0.434. The fourth-order valence-corrected chi connectivity index (χ4v) is 3.42. The maximum Gasteiger partial charge on any atom is 0.249 e. The normalized spacial score (nSPS) is 19.5. The number of halogens is 1. The van der Waals surface area contributed by atoms with Crippen LogP contribution in [0.3, 0.4) is 0 Å². The van der Waals surface area contributed by atoms with Crippen LogP contribution >= 0.6 is 27.3 Å². The summed E-state index contributed by atoms with van der Waals surface area (Å²) in [6.07, 6.45) is 2.27. The van der Waals surface area contributed by atoms with Crippen LogP contribution in [0.5, 0.6) is 0 Å². The Balaban J connectivity index is 1.89. The third-order valence-corrected chi connectivity index (χ3v) is 4.47. The van der Waals surface area contributed by atoms with Gasteiger partial charge in [-0.05, 0) is 28.4 Å². The first-order valence-electron chi connectivity index (χ1n) is 5.64. The molecule has 6 nitrogen and oxygen atoms in total. The highest BCUT2D eigenvalue weighted by Gasteiger charge is 2.27. The SMILES string of the molecule is O=C1CCC(Nc2ncnc3cc(Br)sc23)C(=O)N1. The lowest BCUT2D eigenvalue weighted by molar-refractivity contribution is -0.133. The largest absolute Gasteiger partial charge is 0.357 e. The van der Waals surface area contributed by atoms with E-state index in [2.05, 4.69) is 36.5 Å². The number of fused-ring (bicyclic) bond motifs is 1. The van der Waals surface area contributed by atoms with Gasteiger partial charge in [0, 0.05) is 6.42 Å². The fourth-order valence-electron chi connectivity index (χ4n) is 1.92. The predicted molar refractivity (Wildman–Crippen MR) is 74.9 cm³/mol. The van der Waals surface area contributed by atoms with Crippen molar-refractivity contribution in [3.8, 4) is 0 Å². The highest BCUT2D eigenvalue weighted by atomic mass is 79.9. The fraction of sp³-hybridized carbons (Fsp3) is 0.273. The molecule has 1 aliphatic rings. The van der Waals surface area contributed by atoms with Crippen LogP contribution in [-0.4, -0.2) is 27.8 Å². The molecule has 1 unspecified atom stereocenters. The molecular formula is C11H9BrN4O2S. The minimum Gasteiger partial charge on any atom is -0.357 e. The Morgan fingerprint density at radius 2 is 2.26 bits per heavy atom. The third kappa shape index (κ3) is 2.45. The lowest BCUT2D eigenvalue weighted by Gasteiger charge is -2.22. The summed E-state index contributed by atoms with van der Waals surface area (Å²) in [6, 6.07) is 1.47. The lowest BCUT2D eigenvalue weighted by atomic mass is 10.1. The zero-order valence-electron chi connectivity index (χ0n) is 9.64. The molecule has 1 atom stereocenters. The molecule has 1 fully saturated rings. The van der Waals surface area contributed by atoms with Gasteiger partial charge in [-0.3, -0.25) is 14.9 Å². The van der Waals surface area contributed by atoms with Crippen LogP contribution in [0, 0.1) is 0 Å². The van der Waals surface area contributed by atoms with Gasteiger partial charge in [-0.25, -0.2) is 9.97 Å². The van der Waals surface area contributed by atoms with Crippen molar-refractivity contribution in [2.24, 2.45) is 0 Å². The van der Waals surface area contributed by atoms with E-state index in [9.17, 15) is 9.59 Å². The molecule has 3 rings (SSSR count). The number of piperidine rings is 1. The van der Waals surface area contributed by atoms with Gasteiger partial charge in [-0.2, -0.15) is 0 Å². The molecule has 0 spiro atoms. The van der Waals surface area contributed by atoms with E-state index in [-0.39, 0.29) is 11.8 Å². The summed E-state index contributed by atoms with van der Waals surface area (Å²) in [7, 11) is 0. The molecule has 0 saturated carbocycles. The van der Waals surface area contributed by atoms with Crippen LogP contribution in [0.15, 0.2) is 16.2 Å². The summed E-state index contributed by atoms with van der Waals surface area (Å²) in [5.74, 6) is 0.0867. The summed E-state index contributed by atoms with van der Waals surface area (Å²) in [5, 5.41) is 5.39. The van der Waals surface area contributed by atoms with Crippen LogP contribution in [0.25, 0.3) is 10.2 Å². The van der Waals surface area contributed by atoms with Crippen LogP contribution in [0.1, 0.15) is 12.8 Å². The van der Waals surface area contributed by atoms with Crippen LogP contribution < -0.4 is 10.6 Å². The van der Waals surface area contributed by atoms with Gasteiger partial charge in [0.25, 0.3) is 0 Å². The van der Waals surface area contributed by atoms with Gasteiger partial charge in [0.05, 0.1) is 14.0 Å². The molecule has 0 radical (unpaired) electrons. The molecule has 19 heavy (non-hydrogen) atoms. The summed E-state index contributed by atoms with van der Waals surface area (Å²) in [4.78, 5) is 31.1. The van der Waals surface area contributed by atoms with Gasteiger partial charge in [0.15, 0.2) is 0 Å². The third-order valence-electron chi connectivity index (χ3n) is 2.83. The molecule has 1 aliphatic heterocycles. The average molecular weight is 341 g/mol. The molecule has 2 aromatic rings. The number of carbonyl (C=O) groups is 2.